The molecule has 1 aromatic carbocycles. The van der Waals surface area contributed by atoms with E-state index in [1.807, 2.05) is 0 Å². The van der Waals surface area contributed by atoms with Gasteiger partial charge in [-0.2, -0.15) is 0 Å². The second-order valence-corrected chi connectivity index (χ2v) is 5.33. The Morgan fingerprint density at radius 1 is 1.56 bits per heavy atom. The van der Waals surface area contributed by atoms with Crippen LogP contribution < -0.4 is 10.1 Å². The number of carbonyl (C=O) groups is 1. The highest BCUT2D eigenvalue weighted by Gasteiger charge is 2.31. The van der Waals surface area contributed by atoms with Crippen LogP contribution in [0.1, 0.15) is 6.42 Å². The molecular formula is C12H13BrClNO3. The van der Waals surface area contributed by atoms with Crippen LogP contribution in [0.3, 0.4) is 0 Å². The lowest BCUT2D eigenvalue weighted by Crippen LogP contribution is -2.31. The molecule has 1 aliphatic rings. The third-order valence-electron chi connectivity index (χ3n) is 2.76. The molecule has 18 heavy (non-hydrogen) atoms. The maximum atomic E-state index is 11.4. The smallest absolute Gasteiger partial charge is 0.323 e. The third kappa shape index (κ3) is 3.16. The standard InChI is InChI=1S/C12H13BrClNO3/c1-17-12(16)10-5-8(6-15-10)18-11-3-2-7(14)4-9(11)13/h2-4,8,10,15H,5-6H2,1H3/t8?,10-/m0/s1. The Morgan fingerprint density at radius 2 is 2.33 bits per heavy atom. The summed E-state index contributed by atoms with van der Waals surface area (Å²) >= 11 is 9.25. The van der Waals surface area contributed by atoms with Crippen LogP contribution in [0, 0.1) is 0 Å². The van der Waals surface area contributed by atoms with Gasteiger partial charge in [0.15, 0.2) is 0 Å². The van der Waals surface area contributed by atoms with Gasteiger partial charge >= 0.3 is 5.97 Å². The van der Waals surface area contributed by atoms with E-state index < -0.39 is 0 Å². The minimum Gasteiger partial charge on any atom is -0.488 e. The predicted molar refractivity (Wildman–Crippen MR) is 72.0 cm³/mol. The maximum absolute atomic E-state index is 11.4. The largest absolute Gasteiger partial charge is 0.488 e. The van der Waals surface area contributed by atoms with Crippen LogP contribution in [0.15, 0.2) is 22.7 Å². The molecule has 2 atom stereocenters. The fraction of sp³-hybridized carbons (Fsp3) is 0.417. The second kappa shape index (κ2) is 5.91. The van der Waals surface area contributed by atoms with Crippen LogP contribution in [0.5, 0.6) is 5.75 Å². The lowest BCUT2D eigenvalue weighted by molar-refractivity contribution is -0.142. The van der Waals surface area contributed by atoms with Gasteiger partial charge in [-0.25, -0.2) is 0 Å². The van der Waals surface area contributed by atoms with Crippen LogP contribution in [0.25, 0.3) is 0 Å². The zero-order chi connectivity index (χ0) is 13.1. The summed E-state index contributed by atoms with van der Waals surface area (Å²) < 4.78 is 11.3. The molecule has 1 N–H and O–H groups in total. The highest BCUT2D eigenvalue weighted by molar-refractivity contribution is 9.10. The molecule has 0 amide bonds. The predicted octanol–water partition coefficient (Wildman–Crippen LogP) is 2.38. The summed E-state index contributed by atoms with van der Waals surface area (Å²) in [6.07, 6.45) is 0.549. The third-order valence-corrected chi connectivity index (χ3v) is 3.62. The van der Waals surface area contributed by atoms with Crippen molar-refractivity contribution in [1.82, 2.24) is 5.32 Å². The Labute approximate surface area is 119 Å². The molecule has 0 bridgehead atoms. The number of ether oxygens (including phenoxy) is 2. The summed E-state index contributed by atoms with van der Waals surface area (Å²) in [5.74, 6) is 0.466. The minimum absolute atomic E-state index is 0.0495. The maximum Gasteiger partial charge on any atom is 0.323 e. The molecule has 0 aromatic heterocycles. The van der Waals surface area contributed by atoms with Gasteiger partial charge in [0.1, 0.15) is 17.9 Å². The molecule has 98 valence electrons. The summed E-state index contributed by atoms with van der Waals surface area (Å²) in [4.78, 5) is 11.4. The Bertz CT molecular complexity index is 455. The quantitative estimate of drug-likeness (QED) is 0.862. The van der Waals surface area contributed by atoms with E-state index in [4.69, 9.17) is 16.3 Å². The van der Waals surface area contributed by atoms with E-state index in [1.54, 1.807) is 18.2 Å². The van der Waals surface area contributed by atoms with E-state index in [0.29, 0.717) is 18.0 Å². The minimum atomic E-state index is -0.286. The van der Waals surface area contributed by atoms with E-state index in [-0.39, 0.29) is 18.1 Å². The van der Waals surface area contributed by atoms with Crippen molar-refractivity contribution in [3.8, 4) is 5.75 Å². The van der Waals surface area contributed by atoms with Gasteiger partial charge in [-0.15, -0.1) is 0 Å². The Balaban J connectivity index is 1.97. The number of esters is 1. The highest BCUT2D eigenvalue weighted by Crippen LogP contribution is 2.29. The average Bonchev–Trinajstić information content (AvgIpc) is 2.80. The van der Waals surface area contributed by atoms with Crippen molar-refractivity contribution in [1.29, 1.82) is 0 Å². The van der Waals surface area contributed by atoms with Gasteiger partial charge in [-0.3, -0.25) is 4.79 Å². The lowest BCUT2D eigenvalue weighted by atomic mass is 10.2. The molecule has 4 nitrogen and oxygen atoms in total. The first kappa shape index (κ1) is 13.6. The highest BCUT2D eigenvalue weighted by atomic mass is 79.9. The summed E-state index contributed by atoms with van der Waals surface area (Å²) in [6.45, 7) is 0.620. The Morgan fingerprint density at radius 3 is 3.00 bits per heavy atom. The molecule has 1 heterocycles. The van der Waals surface area contributed by atoms with E-state index in [0.717, 1.165) is 10.2 Å². The molecule has 0 spiro atoms. The van der Waals surface area contributed by atoms with Gasteiger partial charge < -0.3 is 14.8 Å². The van der Waals surface area contributed by atoms with Crippen molar-refractivity contribution < 1.29 is 14.3 Å². The molecule has 1 aromatic rings. The molecule has 0 saturated carbocycles. The van der Waals surface area contributed by atoms with Crippen molar-refractivity contribution in [3.63, 3.8) is 0 Å². The SMILES string of the molecule is COC(=O)[C@@H]1CC(Oc2ccc(Cl)cc2Br)CN1. The normalized spacial score (nSPS) is 22.8. The fourth-order valence-electron chi connectivity index (χ4n) is 1.87. The topological polar surface area (TPSA) is 47.6 Å². The number of rotatable bonds is 3. The summed E-state index contributed by atoms with van der Waals surface area (Å²) in [5, 5.41) is 3.71. The Hall–Kier alpha value is -0.780. The van der Waals surface area contributed by atoms with Gasteiger partial charge in [0.25, 0.3) is 0 Å². The van der Waals surface area contributed by atoms with Crippen molar-refractivity contribution in [2.45, 2.75) is 18.6 Å². The number of hydrogen-bond donors (Lipinski definition) is 1. The molecule has 2 rings (SSSR count). The first-order chi connectivity index (χ1) is 8.60. The van der Waals surface area contributed by atoms with Crippen LogP contribution in [0.2, 0.25) is 5.02 Å². The number of hydrogen-bond acceptors (Lipinski definition) is 4. The van der Waals surface area contributed by atoms with Gasteiger partial charge in [-0.05, 0) is 34.1 Å². The first-order valence-electron chi connectivity index (χ1n) is 5.53. The second-order valence-electron chi connectivity index (χ2n) is 4.03. The lowest BCUT2D eigenvalue weighted by Gasteiger charge is -2.14. The van der Waals surface area contributed by atoms with Crippen molar-refractivity contribution in [3.05, 3.63) is 27.7 Å². The van der Waals surface area contributed by atoms with Crippen molar-refractivity contribution >= 4 is 33.5 Å². The molecule has 0 radical (unpaired) electrons. The first-order valence-corrected chi connectivity index (χ1v) is 6.70. The molecule has 1 aliphatic heterocycles. The molecule has 1 saturated heterocycles. The van der Waals surface area contributed by atoms with Gasteiger partial charge in [0.05, 0.1) is 11.6 Å². The van der Waals surface area contributed by atoms with E-state index in [9.17, 15) is 4.79 Å². The number of nitrogens with one attached hydrogen (secondary N) is 1. The average molecular weight is 335 g/mol. The summed E-state index contributed by atoms with van der Waals surface area (Å²) in [6, 6.07) is 5.06. The van der Waals surface area contributed by atoms with Crippen LogP contribution in [-0.4, -0.2) is 31.8 Å². The number of methoxy groups -OCH3 is 1. The molecule has 0 aliphatic carbocycles. The molecule has 6 heteroatoms. The van der Waals surface area contributed by atoms with Crippen LogP contribution in [-0.2, 0) is 9.53 Å². The summed E-state index contributed by atoms with van der Waals surface area (Å²) in [7, 11) is 1.38. The number of carbonyl (C=O) groups excluding carboxylic acids is 1. The molecule has 1 unspecified atom stereocenters. The zero-order valence-corrected chi connectivity index (χ0v) is 12.1. The van der Waals surface area contributed by atoms with E-state index in [1.165, 1.54) is 7.11 Å². The van der Waals surface area contributed by atoms with Gasteiger partial charge in [-0.1, -0.05) is 11.6 Å². The fourth-order valence-corrected chi connectivity index (χ4v) is 2.64. The van der Waals surface area contributed by atoms with Crippen molar-refractivity contribution in [2.75, 3.05) is 13.7 Å². The zero-order valence-electron chi connectivity index (χ0n) is 9.78. The van der Waals surface area contributed by atoms with Gasteiger partial charge in [0, 0.05) is 18.0 Å². The van der Waals surface area contributed by atoms with E-state index >= 15 is 0 Å². The van der Waals surface area contributed by atoms with Crippen LogP contribution in [0.4, 0.5) is 0 Å². The van der Waals surface area contributed by atoms with E-state index in [2.05, 4.69) is 26.0 Å². The summed E-state index contributed by atoms with van der Waals surface area (Å²) in [5.41, 5.74) is 0. The van der Waals surface area contributed by atoms with Crippen molar-refractivity contribution in [2.24, 2.45) is 0 Å². The Kier molecular flexibility index (Phi) is 4.48. The molecular weight excluding hydrogens is 321 g/mol. The molecule has 1 fully saturated rings. The van der Waals surface area contributed by atoms with Gasteiger partial charge in [0.2, 0.25) is 0 Å². The number of halogens is 2. The monoisotopic (exact) mass is 333 g/mol. The number of benzene rings is 1. The van der Waals surface area contributed by atoms with Crippen LogP contribution >= 0.6 is 27.5 Å².